The average molecular weight is 505 g/mol. The van der Waals surface area contributed by atoms with E-state index in [9.17, 15) is 9.59 Å². The number of nitrogens with one attached hydrogen (secondary N) is 1. The summed E-state index contributed by atoms with van der Waals surface area (Å²) in [7, 11) is 0. The number of rotatable bonds is 6. The molecule has 1 amide bonds. The summed E-state index contributed by atoms with van der Waals surface area (Å²) in [6.45, 7) is 1.82. The number of halogens is 3. The zero-order chi connectivity index (χ0) is 23.5. The average Bonchev–Trinajstić information content (AvgIpc) is 3.15. The molecule has 0 unspecified atom stereocenters. The highest BCUT2D eigenvalue weighted by atomic mass is 35.5. The molecular formula is C25H24Cl3N3O2. The van der Waals surface area contributed by atoms with E-state index < -0.39 is 5.91 Å². The van der Waals surface area contributed by atoms with Gasteiger partial charge < -0.3 is 5.32 Å². The van der Waals surface area contributed by atoms with Gasteiger partial charge in [0.05, 0.1) is 17.3 Å². The molecule has 1 N–H and O–H groups in total. The second kappa shape index (κ2) is 10.3. The van der Waals surface area contributed by atoms with Crippen LogP contribution in [0.5, 0.6) is 0 Å². The van der Waals surface area contributed by atoms with Crippen LogP contribution in [0.4, 0.5) is 0 Å². The van der Waals surface area contributed by atoms with Crippen molar-refractivity contribution in [3.63, 3.8) is 0 Å². The Morgan fingerprint density at radius 3 is 2.33 bits per heavy atom. The van der Waals surface area contributed by atoms with Crippen LogP contribution in [-0.4, -0.2) is 27.8 Å². The minimum Gasteiger partial charge on any atom is -0.344 e. The molecule has 1 fully saturated rings. The van der Waals surface area contributed by atoms with Gasteiger partial charge in [-0.05, 0) is 62.2 Å². The van der Waals surface area contributed by atoms with Crippen LogP contribution < -0.4 is 5.32 Å². The number of benzene rings is 2. The fraction of sp³-hybridized carbons (Fsp3) is 0.320. The van der Waals surface area contributed by atoms with Crippen molar-refractivity contribution in [3.05, 3.63) is 68.9 Å². The molecule has 0 atom stereocenters. The smallest absolute Gasteiger partial charge is 0.272 e. The molecule has 1 aromatic heterocycles. The van der Waals surface area contributed by atoms with Gasteiger partial charge in [0.25, 0.3) is 5.91 Å². The topological polar surface area (TPSA) is 64.0 Å². The van der Waals surface area contributed by atoms with Crippen molar-refractivity contribution < 1.29 is 9.59 Å². The lowest BCUT2D eigenvalue weighted by molar-refractivity contribution is -0.122. The van der Waals surface area contributed by atoms with E-state index in [0.29, 0.717) is 32.1 Å². The fourth-order valence-electron chi connectivity index (χ4n) is 4.29. The summed E-state index contributed by atoms with van der Waals surface area (Å²) in [4.78, 5) is 30.3. The summed E-state index contributed by atoms with van der Waals surface area (Å²) < 4.78 is 1.85. The second-order valence-corrected chi connectivity index (χ2v) is 9.57. The molecule has 2 aromatic carbocycles. The number of carbonyl (C=O) groups excluding carboxylic acids is 2. The summed E-state index contributed by atoms with van der Waals surface area (Å²) in [5.74, 6) is 0.227. The van der Waals surface area contributed by atoms with Gasteiger partial charge in [-0.3, -0.25) is 14.2 Å². The Hall–Kier alpha value is -2.34. The van der Waals surface area contributed by atoms with E-state index in [1.54, 1.807) is 30.3 Å². The largest absolute Gasteiger partial charge is 0.344 e. The van der Waals surface area contributed by atoms with Gasteiger partial charge in [-0.1, -0.05) is 54.1 Å². The Morgan fingerprint density at radius 1 is 1.00 bits per heavy atom. The van der Waals surface area contributed by atoms with E-state index >= 15 is 0 Å². The van der Waals surface area contributed by atoms with Gasteiger partial charge in [0, 0.05) is 27.2 Å². The first kappa shape index (κ1) is 23.8. The van der Waals surface area contributed by atoms with Gasteiger partial charge in [-0.25, -0.2) is 4.98 Å². The standard InChI is InChI=1S/C25H24Cl3N3O2/c1-15-23(25(33)29-14-22(32)16-5-3-2-4-6-16)30-24(20-12-9-18(27)13-21(20)28)31(15)19-10-7-17(26)8-11-19/h7-13,16H,2-6,14H2,1H3,(H,29,33). The van der Waals surface area contributed by atoms with Crippen LogP contribution in [0.2, 0.25) is 15.1 Å². The molecule has 172 valence electrons. The highest BCUT2D eigenvalue weighted by Crippen LogP contribution is 2.33. The lowest BCUT2D eigenvalue weighted by Crippen LogP contribution is -2.34. The molecule has 0 spiro atoms. The van der Waals surface area contributed by atoms with Crippen LogP contribution in [0.3, 0.4) is 0 Å². The molecule has 1 heterocycles. The Labute approximate surface area is 208 Å². The van der Waals surface area contributed by atoms with E-state index in [1.807, 2.05) is 23.6 Å². The van der Waals surface area contributed by atoms with E-state index in [-0.39, 0.29) is 23.9 Å². The third kappa shape index (κ3) is 5.26. The maximum Gasteiger partial charge on any atom is 0.272 e. The molecule has 3 aromatic rings. The van der Waals surface area contributed by atoms with Crippen LogP contribution in [-0.2, 0) is 4.79 Å². The second-order valence-electron chi connectivity index (χ2n) is 8.29. The van der Waals surface area contributed by atoms with Crippen molar-refractivity contribution in [1.29, 1.82) is 0 Å². The van der Waals surface area contributed by atoms with Crippen LogP contribution in [0.25, 0.3) is 17.1 Å². The fourth-order valence-corrected chi connectivity index (χ4v) is 4.91. The zero-order valence-corrected chi connectivity index (χ0v) is 20.5. The third-order valence-electron chi connectivity index (χ3n) is 6.06. The van der Waals surface area contributed by atoms with Gasteiger partial charge in [0.1, 0.15) is 11.5 Å². The van der Waals surface area contributed by atoms with Gasteiger partial charge in [0.15, 0.2) is 5.78 Å². The number of amides is 1. The molecule has 1 saturated carbocycles. The first-order valence-electron chi connectivity index (χ1n) is 11.0. The van der Waals surface area contributed by atoms with Gasteiger partial charge in [-0.15, -0.1) is 0 Å². The molecule has 1 aliphatic rings. The molecule has 0 radical (unpaired) electrons. The first-order chi connectivity index (χ1) is 15.8. The van der Waals surface area contributed by atoms with Crippen LogP contribution in [0, 0.1) is 12.8 Å². The van der Waals surface area contributed by atoms with Gasteiger partial charge >= 0.3 is 0 Å². The molecule has 8 heteroatoms. The molecule has 1 aliphatic carbocycles. The Morgan fingerprint density at radius 2 is 1.67 bits per heavy atom. The Kier molecular flexibility index (Phi) is 7.42. The Bertz CT molecular complexity index is 1180. The summed E-state index contributed by atoms with van der Waals surface area (Å²) >= 11 is 18.6. The first-order valence-corrected chi connectivity index (χ1v) is 12.1. The van der Waals surface area contributed by atoms with Crippen molar-refractivity contribution in [3.8, 4) is 17.1 Å². The number of aromatic nitrogens is 2. The molecule has 0 bridgehead atoms. The van der Waals surface area contributed by atoms with E-state index in [1.165, 1.54) is 6.42 Å². The number of hydrogen-bond acceptors (Lipinski definition) is 3. The van der Waals surface area contributed by atoms with Crippen molar-refractivity contribution >= 4 is 46.5 Å². The van der Waals surface area contributed by atoms with Crippen LogP contribution in [0.1, 0.15) is 48.3 Å². The monoisotopic (exact) mass is 503 g/mol. The van der Waals surface area contributed by atoms with Gasteiger partial charge in [-0.2, -0.15) is 0 Å². The third-order valence-corrected chi connectivity index (χ3v) is 6.86. The van der Waals surface area contributed by atoms with Crippen LogP contribution >= 0.6 is 34.8 Å². The number of carbonyl (C=O) groups is 2. The lowest BCUT2D eigenvalue weighted by Gasteiger charge is -2.20. The highest BCUT2D eigenvalue weighted by molar-refractivity contribution is 6.36. The predicted molar refractivity (Wildman–Crippen MR) is 133 cm³/mol. The summed E-state index contributed by atoms with van der Waals surface area (Å²) in [5.41, 5.74) is 2.28. The highest BCUT2D eigenvalue weighted by Gasteiger charge is 2.25. The number of ketones is 1. The normalized spacial score (nSPS) is 14.3. The molecule has 0 saturated heterocycles. The van der Waals surface area contributed by atoms with Gasteiger partial charge in [0.2, 0.25) is 0 Å². The quantitative estimate of drug-likeness (QED) is 0.407. The minimum atomic E-state index is -0.393. The SMILES string of the molecule is Cc1c(C(=O)NCC(=O)C2CCCCC2)nc(-c2ccc(Cl)cc2Cl)n1-c1ccc(Cl)cc1. The van der Waals surface area contributed by atoms with E-state index in [2.05, 4.69) is 10.3 Å². The van der Waals surface area contributed by atoms with Crippen molar-refractivity contribution in [1.82, 2.24) is 14.9 Å². The zero-order valence-electron chi connectivity index (χ0n) is 18.2. The molecule has 5 nitrogen and oxygen atoms in total. The lowest BCUT2D eigenvalue weighted by atomic mass is 9.86. The number of hydrogen-bond donors (Lipinski definition) is 1. The van der Waals surface area contributed by atoms with E-state index in [4.69, 9.17) is 34.8 Å². The number of nitrogens with zero attached hydrogens (tertiary/aromatic N) is 2. The maximum absolute atomic E-state index is 13.1. The van der Waals surface area contributed by atoms with E-state index in [0.717, 1.165) is 31.4 Å². The van der Waals surface area contributed by atoms with Crippen LogP contribution in [0.15, 0.2) is 42.5 Å². The summed E-state index contributed by atoms with van der Waals surface area (Å²) in [5, 5.41) is 4.30. The minimum absolute atomic E-state index is 0.00772. The molecular weight excluding hydrogens is 481 g/mol. The molecule has 0 aliphatic heterocycles. The molecule has 4 rings (SSSR count). The van der Waals surface area contributed by atoms with Crippen molar-refractivity contribution in [2.24, 2.45) is 5.92 Å². The molecule has 33 heavy (non-hydrogen) atoms. The Balaban J connectivity index is 1.67. The summed E-state index contributed by atoms with van der Waals surface area (Å²) in [6, 6.07) is 12.4. The van der Waals surface area contributed by atoms with Crippen molar-refractivity contribution in [2.75, 3.05) is 6.54 Å². The van der Waals surface area contributed by atoms with Crippen molar-refractivity contribution in [2.45, 2.75) is 39.0 Å². The number of Topliss-reactive ketones (excluding diaryl/α,β-unsaturated/α-hetero) is 1. The summed E-state index contributed by atoms with van der Waals surface area (Å²) in [6.07, 6.45) is 5.12. The predicted octanol–water partition coefficient (Wildman–Crippen LogP) is 6.69. The number of imidazole rings is 1. The maximum atomic E-state index is 13.1.